The average molecular weight is 228 g/mol. The fourth-order valence-corrected chi connectivity index (χ4v) is 1.77. The van der Waals surface area contributed by atoms with E-state index in [-0.39, 0.29) is 0 Å². The molecule has 0 spiro atoms. The van der Waals surface area contributed by atoms with Crippen LogP contribution in [0, 0.1) is 0 Å². The van der Waals surface area contributed by atoms with Crippen LogP contribution >= 0.6 is 11.6 Å². The third-order valence-corrected chi connectivity index (χ3v) is 2.85. The lowest BCUT2D eigenvalue weighted by Gasteiger charge is -2.34. The fraction of sp³-hybridized carbons (Fsp3) is 0.500. The maximum Gasteiger partial charge on any atom is 0.131 e. The summed E-state index contributed by atoms with van der Waals surface area (Å²) in [6.07, 6.45) is 1.59. The van der Waals surface area contributed by atoms with Gasteiger partial charge >= 0.3 is 0 Å². The van der Waals surface area contributed by atoms with Crippen molar-refractivity contribution in [2.45, 2.75) is 13.0 Å². The van der Waals surface area contributed by atoms with Crippen molar-refractivity contribution in [2.24, 2.45) is 0 Å². The molecule has 0 bridgehead atoms. The Kier molecular flexibility index (Phi) is 2.98. The molecule has 0 unspecified atom stereocenters. The molecule has 0 aliphatic carbocycles. The van der Waals surface area contributed by atoms with Gasteiger partial charge in [0.2, 0.25) is 0 Å². The zero-order valence-corrected chi connectivity index (χ0v) is 9.37. The van der Waals surface area contributed by atoms with Crippen molar-refractivity contribution in [3.63, 3.8) is 0 Å². The van der Waals surface area contributed by atoms with Gasteiger partial charge in [0.25, 0.3) is 0 Å². The molecule has 2 heterocycles. The predicted molar refractivity (Wildman–Crippen MR) is 61.3 cm³/mol. The number of halogens is 1. The molecule has 0 radical (unpaired) electrons. The van der Waals surface area contributed by atoms with Gasteiger partial charge in [-0.2, -0.15) is 0 Å². The van der Waals surface area contributed by atoms with Crippen molar-refractivity contribution in [3.8, 4) is 0 Å². The molecule has 1 saturated heterocycles. The number of hydrogen-bond acceptors (Lipinski definition) is 4. The second-order valence-electron chi connectivity index (χ2n) is 3.68. The fourth-order valence-electron chi connectivity index (χ4n) is 1.67. The summed E-state index contributed by atoms with van der Waals surface area (Å²) < 4.78 is 5.36. The first-order valence-corrected chi connectivity index (χ1v) is 5.31. The number of ether oxygens (including phenoxy) is 1. The minimum Gasteiger partial charge on any atom is -0.397 e. The van der Waals surface area contributed by atoms with Crippen LogP contribution < -0.4 is 10.6 Å². The van der Waals surface area contributed by atoms with Gasteiger partial charge in [0, 0.05) is 18.8 Å². The Morgan fingerprint density at radius 1 is 1.67 bits per heavy atom. The highest BCUT2D eigenvalue weighted by atomic mass is 35.5. The molecule has 82 valence electrons. The summed E-state index contributed by atoms with van der Waals surface area (Å²) in [5.74, 6) is 0.868. The summed E-state index contributed by atoms with van der Waals surface area (Å²) in [6, 6.07) is 2.14. The van der Waals surface area contributed by atoms with E-state index in [1.54, 1.807) is 6.20 Å². The van der Waals surface area contributed by atoms with E-state index in [1.807, 2.05) is 6.07 Å². The first-order valence-electron chi connectivity index (χ1n) is 4.94. The summed E-state index contributed by atoms with van der Waals surface area (Å²) in [4.78, 5) is 6.45. The number of nitrogen functional groups attached to an aromatic ring is 1. The topological polar surface area (TPSA) is 51.4 Å². The Balaban J connectivity index is 2.24. The molecule has 0 saturated carbocycles. The van der Waals surface area contributed by atoms with Crippen LogP contribution in [0.3, 0.4) is 0 Å². The monoisotopic (exact) mass is 227 g/mol. The van der Waals surface area contributed by atoms with Gasteiger partial charge < -0.3 is 15.4 Å². The van der Waals surface area contributed by atoms with Gasteiger partial charge in [-0.1, -0.05) is 11.6 Å². The van der Waals surface area contributed by atoms with Crippen LogP contribution in [0.1, 0.15) is 6.92 Å². The van der Waals surface area contributed by atoms with Gasteiger partial charge in [0.1, 0.15) is 5.82 Å². The molecule has 4 nitrogen and oxygen atoms in total. The van der Waals surface area contributed by atoms with E-state index in [9.17, 15) is 0 Å². The summed E-state index contributed by atoms with van der Waals surface area (Å²) in [5, 5.41) is 0.500. The molecule has 1 atom stereocenters. The number of morpholine rings is 1. The number of hydrogen-bond donors (Lipinski definition) is 1. The van der Waals surface area contributed by atoms with E-state index < -0.39 is 0 Å². The van der Waals surface area contributed by atoms with Gasteiger partial charge in [0.15, 0.2) is 0 Å². The minimum atomic E-state index is 0.326. The Morgan fingerprint density at radius 2 is 2.47 bits per heavy atom. The first-order chi connectivity index (χ1) is 7.18. The van der Waals surface area contributed by atoms with E-state index in [0.29, 0.717) is 16.8 Å². The van der Waals surface area contributed by atoms with Crippen LogP contribution in [0.15, 0.2) is 12.3 Å². The molecule has 2 N–H and O–H groups in total. The first kappa shape index (κ1) is 10.5. The highest BCUT2D eigenvalue weighted by molar-refractivity contribution is 6.32. The standard InChI is InChI=1S/C10H14ClN3O/c1-7-6-15-3-2-14(7)10-4-9(12)8(11)5-13-10/h4-5,7H,2-3,6H2,1H3,(H2,12,13)/t7-/m0/s1. The molecule has 0 aromatic carbocycles. The van der Waals surface area contributed by atoms with E-state index in [2.05, 4.69) is 16.8 Å². The summed E-state index contributed by atoms with van der Waals surface area (Å²) in [7, 11) is 0. The lowest BCUT2D eigenvalue weighted by atomic mass is 10.2. The number of aromatic nitrogens is 1. The normalized spacial score (nSPS) is 21.7. The lowest BCUT2D eigenvalue weighted by molar-refractivity contribution is 0.0985. The van der Waals surface area contributed by atoms with Crippen molar-refractivity contribution < 1.29 is 4.74 Å². The zero-order valence-electron chi connectivity index (χ0n) is 8.61. The third-order valence-electron chi connectivity index (χ3n) is 2.53. The maximum atomic E-state index is 5.83. The third kappa shape index (κ3) is 2.16. The molecule has 15 heavy (non-hydrogen) atoms. The quantitative estimate of drug-likeness (QED) is 0.791. The van der Waals surface area contributed by atoms with E-state index in [1.165, 1.54) is 0 Å². The molecule has 1 aliphatic rings. The molecular formula is C10H14ClN3O. The second kappa shape index (κ2) is 4.24. The van der Waals surface area contributed by atoms with Gasteiger partial charge in [0.05, 0.1) is 30.0 Å². The second-order valence-corrected chi connectivity index (χ2v) is 4.09. The number of anilines is 2. The largest absolute Gasteiger partial charge is 0.397 e. The highest BCUT2D eigenvalue weighted by Gasteiger charge is 2.20. The summed E-state index contributed by atoms with van der Waals surface area (Å²) in [5.41, 5.74) is 6.31. The van der Waals surface area contributed by atoms with Crippen LogP contribution in [-0.4, -0.2) is 30.8 Å². The molecule has 1 aliphatic heterocycles. The Labute approximate surface area is 94.0 Å². The van der Waals surface area contributed by atoms with Crippen LogP contribution in [0.5, 0.6) is 0 Å². The van der Waals surface area contributed by atoms with Crippen molar-refractivity contribution in [1.29, 1.82) is 0 Å². The molecule has 1 fully saturated rings. The van der Waals surface area contributed by atoms with Crippen molar-refractivity contribution in [2.75, 3.05) is 30.4 Å². The van der Waals surface area contributed by atoms with E-state index in [0.717, 1.165) is 25.6 Å². The smallest absolute Gasteiger partial charge is 0.131 e. The molecule has 2 rings (SSSR count). The SMILES string of the molecule is C[C@H]1COCCN1c1cc(N)c(Cl)cn1. The predicted octanol–water partition coefficient (Wildman–Crippen LogP) is 1.54. The molecule has 0 amide bonds. The number of nitrogens with zero attached hydrogens (tertiary/aromatic N) is 2. The van der Waals surface area contributed by atoms with Gasteiger partial charge in [-0.25, -0.2) is 4.98 Å². The van der Waals surface area contributed by atoms with E-state index >= 15 is 0 Å². The zero-order chi connectivity index (χ0) is 10.8. The van der Waals surface area contributed by atoms with Gasteiger partial charge in [-0.3, -0.25) is 0 Å². The Morgan fingerprint density at radius 3 is 3.13 bits per heavy atom. The van der Waals surface area contributed by atoms with Crippen molar-refractivity contribution in [3.05, 3.63) is 17.3 Å². The Hall–Kier alpha value is -1.00. The maximum absolute atomic E-state index is 5.83. The molecule has 1 aromatic heterocycles. The van der Waals surface area contributed by atoms with Gasteiger partial charge in [-0.15, -0.1) is 0 Å². The Bertz CT molecular complexity index is 359. The summed E-state index contributed by atoms with van der Waals surface area (Å²) in [6.45, 7) is 4.40. The molecule has 1 aromatic rings. The lowest BCUT2D eigenvalue weighted by Crippen LogP contribution is -2.44. The van der Waals surface area contributed by atoms with Crippen LogP contribution in [0.4, 0.5) is 11.5 Å². The highest BCUT2D eigenvalue weighted by Crippen LogP contribution is 2.24. The van der Waals surface area contributed by atoms with E-state index in [4.69, 9.17) is 22.1 Å². The average Bonchev–Trinajstić information content (AvgIpc) is 2.23. The van der Waals surface area contributed by atoms with Gasteiger partial charge in [-0.05, 0) is 6.92 Å². The van der Waals surface area contributed by atoms with Crippen molar-refractivity contribution in [1.82, 2.24) is 4.98 Å². The summed E-state index contributed by atoms with van der Waals surface area (Å²) >= 11 is 5.83. The number of rotatable bonds is 1. The number of pyridine rings is 1. The number of nitrogens with two attached hydrogens (primary N) is 1. The van der Waals surface area contributed by atoms with Crippen LogP contribution in [0.25, 0.3) is 0 Å². The molecular weight excluding hydrogens is 214 g/mol. The van der Waals surface area contributed by atoms with Crippen LogP contribution in [0.2, 0.25) is 5.02 Å². The van der Waals surface area contributed by atoms with Crippen molar-refractivity contribution >= 4 is 23.1 Å². The minimum absolute atomic E-state index is 0.326. The molecule has 5 heteroatoms. The van der Waals surface area contributed by atoms with Crippen LogP contribution in [-0.2, 0) is 4.74 Å².